The lowest BCUT2D eigenvalue weighted by Crippen LogP contribution is -2.28. The number of hydrogen-bond donors (Lipinski definition) is 3. The van der Waals surface area contributed by atoms with Crippen LogP contribution < -0.4 is 16.6 Å². The van der Waals surface area contributed by atoms with E-state index in [0.29, 0.717) is 31.8 Å². The number of aromatic nitrogens is 1. The molecule has 6 heteroatoms. The fraction of sp³-hybridized carbons (Fsp3) is 0.625. The SMILES string of the molecule is CCC(c1scc(COCNCc2c(C)cc(C)[nH]c2=O)c1C)[C@H]1CC[C@@H](N)CC1. The average molecular weight is 432 g/mol. The van der Waals surface area contributed by atoms with Crippen molar-refractivity contribution < 1.29 is 4.74 Å². The Bertz CT molecular complexity index is 881. The van der Waals surface area contributed by atoms with Gasteiger partial charge in [0, 0.05) is 28.7 Å². The molecule has 30 heavy (non-hydrogen) atoms. The fourth-order valence-corrected chi connectivity index (χ4v) is 6.12. The zero-order chi connectivity index (χ0) is 21.7. The van der Waals surface area contributed by atoms with Crippen molar-refractivity contribution in [3.63, 3.8) is 0 Å². The van der Waals surface area contributed by atoms with Crippen molar-refractivity contribution in [2.75, 3.05) is 6.73 Å². The molecule has 0 spiro atoms. The number of nitrogens with two attached hydrogens (primary N) is 1. The Kier molecular flexibility index (Phi) is 8.28. The summed E-state index contributed by atoms with van der Waals surface area (Å²) in [5.74, 6) is 1.41. The molecular weight excluding hydrogens is 394 g/mol. The molecule has 1 fully saturated rings. The Morgan fingerprint density at radius 3 is 2.67 bits per heavy atom. The van der Waals surface area contributed by atoms with Crippen molar-refractivity contribution >= 4 is 11.3 Å². The first-order valence-corrected chi connectivity index (χ1v) is 12.1. The first-order valence-electron chi connectivity index (χ1n) is 11.2. The van der Waals surface area contributed by atoms with Crippen molar-refractivity contribution in [1.82, 2.24) is 10.3 Å². The van der Waals surface area contributed by atoms with E-state index in [9.17, 15) is 4.79 Å². The predicted octanol–water partition coefficient (Wildman–Crippen LogP) is 4.64. The minimum Gasteiger partial charge on any atom is -0.362 e. The van der Waals surface area contributed by atoms with Gasteiger partial charge in [-0.1, -0.05) is 6.92 Å². The number of aromatic amines is 1. The topological polar surface area (TPSA) is 80.1 Å². The van der Waals surface area contributed by atoms with Crippen molar-refractivity contribution in [1.29, 1.82) is 0 Å². The summed E-state index contributed by atoms with van der Waals surface area (Å²) in [4.78, 5) is 16.5. The third kappa shape index (κ3) is 5.61. The number of aryl methyl sites for hydroxylation is 2. The Morgan fingerprint density at radius 1 is 1.27 bits per heavy atom. The van der Waals surface area contributed by atoms with Gasteiger partial charge in [0.15, 0.2) is 0 Å². The molecule has 1 saturated carbocycles. The number of nitrogens with one attached hydrogen (secondary N) is 2. The van der Waals surface area contributed by atoms with Crippen molar-refractivity contribution in [2.45, 2.75) is 84.9 Å². The highest BCUT2D eigenvalue weighted by atomic mass is 32.1. The highest BCUT2D eigenvalue weighted by Gasteiger charge is 2.28. The maximum Gasteiger partial charge on any atom is 0.252 e. The highest BCUT2D eigenvalue weighted by Crippen LogP contribution is 2.42. The largest absolute Gasteiger partial charge is 0.362 e. The van der Waals surface area contributed by atoms with Crippen LogP contribution in [-0.4, -0.2) is 17.8 Å². The molecule has 0 amide bonds. The molecule has 1 unspecified atom stereocenters. The average Bonchev–Trinajstić information content (AvgIpc) is 3.06. The van der Waals surface area contributed by atoms with E-state index >= 15 is 0 Å². The van der Waals surface area contributed by atoms with E-state index in [0.717, 1.165) is 35.6 Å². The molecule has 166 valence electrons. The van der Waals surface area contributed by atoms with Crippen LogP contribution in [0.2, 0.25) is 0 Å². The molecule has 3 rings (SSSR count). The zero-order valence-electron chi connectivity index (χ0n) is 18.8. The maximum atomic E-state index is 12.1. The van der Waals surface area contributed by atoms with Gasteiger partial charge in [-0.05, 0) is 92.8 Å². The summed E-state index contributed by atoms with van der Waals surface area (Å²) in [6, 6.07) is 2.40. The van der Waals surface area contributed by atoms with Gasteiger partial charge in [-0.3, -0.25) is 10.1 Å². The van der Waals surface area contributed by atoms with Gasteiger partial charge < -0.3 is 15.5 Å². The predicted molar refractivity (Wildman–Crippen MR) is 125 cm³/mol. The first kappa shape index (κ1) is 23.2. The minimum atomic E-state index is -0.0207. The molecule has 0 radical (unpaired) electrons. The van der Waals surface area contributed by atoms with Gasteiger partial charge in [0.25, 0.3) is 5.56 Å². The molecule has 1 aliphatic rings. The Morgan fingerprint density at radius 2 is 2.00 bits per heavy atom. The lowest BCUT2D eigenvalue weighted by Gasteiger charge is -2.32. The third-order valence-corrected chi connectivity index (χ3v) is 7.86. The molecule has 1 atom stereocenters. The highest BCUT2D eigenvalue weighted by molar-refractivity contribution is 7.10. The normalized spacial score (nSPS) is 20.4. The third-order valence-electron chi connectivity index (χ3n) is 6.60. The van der Waals surface area contributed by atoms with Crippen LogP contribution >= 0.6 is 11.3 Å². The standard InChI is InChI=1S/C24H37N3O2S/c1-5-21(18-6-8-20(25)9-7-18)23-17(4)19(13-30-23)12-29-14-26-11-22-15(2)10-16(3)27-24(22)28/h10,13,18,20-21,26H,5-9,11-12,14,25H2,1-4H3,(H,27,28)/t18-,20+,21?. The maximum absolute atomic E-state index is 12.1. The fourth-order valence-electron chi connectivity index (χ4n) is 4.77. The smallest absolute Gasteiger partial charge is 0.252 e. The van der Waals surface area contributed by atoms with Crippen LogP contribution in [0.1, 0.15) is 77.8 Å². The van der Waals surface area contributed by atoms with E-state index in [4.69, 9.17) is 10.5 Å². The van der Waals surface area contributed by atoms with Gasteiger partial charge in [0.2, 0.25) is 0 Å². The summed E-state index contributed by atoms with van der Waals surface area (Å²) in [7, 11) is 0. The Hall–Kier alpha value is -1.47. The molecule has 4 N–H and O–H groups in total. The van der Waals surface area contributed by atoms with Gasteiger partial charge in [-0.15, -0.1) is 11.3 Å². The Labute approximate surface area is 184 Å². The van der Waals surface area contributed by atoms with Gasteiger partial charge in [-0.25, -0.2) is 0 Å². The summed E-state index contributed by atoms with van der Waals surface area (Å²) in [6.45, 7) is 9.97. The molecule has 1 aliphatic carbocycles. The molecular formula is C24H37N3O2S. The quantitative estimate of drug-likeness (QED) is 0.399. The van der Waals surface area contributed by atoms with Crippen LogP contribution in [0.5, 0.6) is 0 Å². The molecule has 0 bridgehead atoms. The number of rotatable bonds is 9. The van der Waals surface area contributed by atoms with E-state index in [1.165, 1.54) is 35.3 Å². The van der Waals surface area contributed by atoms with Crippen LogP contribution in [0.15, 0.2) is 16.2 Å². The second-order valence-corrected chi connectivity index (χ2v) is 9.71. The number of hydrogen-bond acceptors (Lipinski definition) is 5. The van der Waals surface area contributed by atoms with Crippen molar-refractivity contribution in [3.05, 3.63) is 54.6 Å². The summed E-state index contributed by atoms with van der Waals surface area (Å²) in [5, 5.41) is 5.50. The zero-order valence-corrected chi connectivity index (χ0v) is 19.7. The second-order valence-electron chi connectivity index (χ2n) is 8.80. The summed E-state index contributed by atoms with van der Waals surface area (Å²) < 4.78 is 5.88. The van der Waals surface area contributed by atoms with Gasteiger partial charge in [-0.2, -0.15) is 0 Å². The van der Waals surface area contributed by atoms with Crippen LogP contribution in [0.4, 0.5) is 0 Å². The van der Waals surface area contributed by atoms with Gasteiger partial charge in [0.1, 0.15) is 0 Å². The first-order chi connectivity index (χ1) is 14.4. The van der Waals surface area contributed by atoms with Crippen LogP contribution in [0.3, 0.4) is 0 Å². The lowest BCUT2D eigenvalue weighted by molar-refractivity contribution is 0.102. The van der Waals surface area contributed by atoms with Crippen LogP contribution in [-0.2, 0) is 17.9 Å². The summed E-state index contributed by atoms with van der Waals surface area (Å²) >= 11 is 1.89. The number of pyridine rings is 1. The van der Waals surface area contributed by atoms with E-state index in [2.05, 4.69) is 29.5 Å². The summed E-state index contributed by atoms with van der Waals surface area (Å²) in [6.07, 6.45) is 6.02. The number of thiophene rings is 1. The van der Waals surface area contributed by atoms with Gasteiger partial charge >= 0.3 is 0 Å². The minimum absolute atomic E-state index is 0.0207. The summed E-state index contributed by atoms with van der Waals surface area (Å²) in [5.41, 5.74) is 11.4. The van der Waals surface area contributed by atoms with Crippen molar-refractivity contribution in [2.24, 2.45) is 11.7 Å². The van der Waals surface area contributed by atoms with E-state index in [-0.39, 0.29) is 5.56 Å². The molecule has 2 aromatic rings. The van der Waals surface area contributed by atoms with Crippen LogP contribution in [0, 0.1) is 26.7 Å². The van der Waals surface area contributed by atoms with Gasteiger partial charge in [0.05, 0.1) is 13.3 Å². The monoisotopic (exact) mass is 431 g/mol. The lowest BCUT2D eigenvalue weighted by atomic mass is 9.76. The molecule has 0 aromatic carbocycles. The van der Waals surface area contributed by atoms with E-state index < -0.39 is 0 Å². The molecule has 2 heterocycles. The molecule has 5 nitrogen and oxygen atoms in total. The Balaban J connectivity index is 1.51. The second kappa shape index (κ2) is 10.7. The van der Waals surface area contributed by atoms with Crippen molar-refractivity contribution in [3.8, 4) is 0 Å². The molecule has 2 aromatic heterocycles. The van der Waals surface area contributed by atoms with E-state index in [1.807, 2.05) is 31.3 Å². The number of H-pyrrole nitrogens is 1. The molecule has 0 saturated heterocycles. The molecule has 0 aliphatic heterocycles. The van der Waals surface area contributed by atoms with Crippen LogP contribution in [0.25, 0.3) is 0 Å². The van der Waals surface area contributed by atoms with E-state index in [1.54, 1.807) is 0 Å². The number of ether oxygens (including phenoxy) is 1.